The van der Waals surface area contributed by atoms with E-state index in [0.717, 1.165) is 34.0 Å². The van der Waals surface area contributed by atoms with Crippen molar-refractivity contribution < 1.29 is 0 Å². The van der Waals surface area contributed by atoms with Crippen molar-refractivity contribution in [3.05, 3.63) is 48.5 Å². The number of imidazole rings is 1. The highest BCUT2D eigenvalue weighted by atomic mass is 15.3. The largest absolute Gasteiger partial charge is 0.369 e. The summed E-state index contributed by atoms with van der Waals surface area (Å²) in [6, 6.07) is 9.66. The number of nitrogens with two attached hydrogens (primary N) is 1. The van der Waals surface area contributed by atoms with Crippen LogP contribution in [0.2, 0.25) is 0 Å². The van der Waals surface area contributed by atoms with Gasteiger partial charge < -0.3 is 10.7 Å². The Hall–Kier alpha value is -3.22. The van der Waals surface area contributed by atoms with Gasteiger partial charge in [-0.3, -0.25) is 4.98 Å². The highest BCUT2D eigenvalue weighted by Crippen LogP contribution is 2.29. The number of hydrogen-bond acceptors (Lipinski definition) is 5. The number of pyridine rings is 2. The molecule has 7 nitrogen and oxygen atoms in total. The van der Waals surface area contributed by atoms with Crippen molar-refractivity contribution in [2.75, 3.05) is 5.73 Å². The number of H-pyrrole nitrogens is 1. The minimum atomic E-state index is 0.354. The lowest BCUT2D eigenvalue weighted by atomic mass is 10.1. The molecule has 0 aromatic carbocycles. The van der Waals surface area contributed by atoms with Gasteiger partial charge in [-0.2, -0.15) is 5.10 Å². The molecule has 0 aliphatic rings. The second-order valence-corrected chi connectivity index (χ2v) is 4.99. The van der Waals surface area contributed by atoms with Gasteiger partial charge in [0.1, 0.15) is 12.0 Å². The molecule has 0 atom stereocenters. The second kappa shape index (κ2) is 4.66. The molecule has 0 saturated heterocycles. The Bertz CT molecular complexity index is 967. The predicted octanol–water partition coefficient (Wildman–Crippen LogP) is 2.07. The molecule has 0 radical (unpaired) electrons. The molecule has 0 unspecified atom stereocenters. The zero-order chi connectivity index (χ0) is 15.1. The van der Waals surface area contributed by atoms with Crippen molar-refractivity contribution in [3.63, 3.8) is 0 Å². The lowest BCUT2D eigenvalue weighted by molar-refractivity contribution is 0.962. The van der Waals surface area contributed by atoms with Crippen LogP contribution in [0.5, 0.6) is 0 Å². The van der Waals surface area contributed by atoms with Gasteiger partial charge >= 0.3 is 0 Å². The molecular formula is C15H13N7. The number of anilines is 1. The molecule has 108 valence electrons. The Labute approximate surface area is 125 Å². The number of nitrogen functional groups attached to an aromatic ring is 1. The van der Waals surface area contributed by atoms with Gasteiger partial charge in [-0.05, 0) is 31.2 Å². The van der Waals surface area contributed by atoms with Crippen LogP contribution >= 0.6 is 0 Å². The molecule has 0 bridgehead atoms. The first-order chi connectivity index (χ1) is 10.7. The molecule has 22 heavy (non-hydrogen) atoms. The SMILES string of the molecule is Cc1cccc(-c2nc(N)[nH]c2-c2ccc3ncnn3c2)n1. The third-order valence-corrected chi connectivity index (χ3v) is 3.42. The zero-order valence-electron chi connectivity index (χ0n) is 11.9. The maximum absolute atomic E-state index is 5.86. The number of rotatable bonds is 2. The molecule has 4 aromatic rings. The molecule has 0 amide bonds. The third kappa shape index (κ3) is 1.99. The van der Waals surface area contributed by atoms with E-state index >= 15 is 0 Å². The summed E-state index contributed by atoms with van der Waals surface area (Å²) in [5.74, 6) is 0.354. The first kappa shape index (κ1) is 12.5. The van der Waals surface area contributed by atoms with Gasteiger partial charge in [0.2, 0.25) is 0 Å². The minimum absolute atomic E-state index is 0.354. The summed E-state index contributed by atoms with van der Waals surface area (Å²) in [5, 5.41) is 4.15. The normalized spacial score (nSPS) is 11.1. The van der Waals surface area contributed by atoms with Crippen molar-refractivity contribution in [2.45, 2.75) is 6.92 Å². The van der Waals surface area contributed by atoms with Crippen LogP contribution in [0.25, 0.3) is 28.3 Å². The van der Waals surface area contributed by atoms with Crippen LogP contribution in [-0.4, -0.2) is 29.5 Å². The molecule has 0 saturated carbocycles. The second-order valence-electron chi connectivity index (χ2n) is 4.99. The number of hydrogen-bond donors (Lipinski definition) is 2. The van der Waals surface area contributed by atoms with Crippen LogP contribution < -0.4 is 5.73 Å². The number of aromatic nitrogens is 6. The highest BCUT2D eigenvalue weighted by Gasteiger charge is 2.15. The van der Waals surface area contributed by atoms with E-state index in [1.54, 1.807) is 4.52 Å². The fourth-order valence-electron chi connectivity index (χ4n) is 2.43. The Morgan fingerprint density at radius 3 is 2.91 bits per heavy atom. The number of nitrogens with one attached hydrogen (secondary N) is 1. The molecule has 0 spiro atoms. The van der Waals surface area contributed by atoms with Crippen molar-refractivity contribution in [1.29, 1.82) is 0 Å². The smallest absolute Gasteiger partial charge is 0.198 e. The Morgan fingerprint density at radius 2 is 2.05 bits per heavy atom. The summed E-state index contributed by atoms with van der Waals surface area (Å²) in [4.78, 5) is 16.1. The van der Waals surface area contributed by atoms with Crippen molar-refractivity contribution >= 4 is 11.6 Å². The monoisotopic (exact) mass is 291 g/mol. The Morgan fingerprint density at radius 1 is 1.14 bits per heavy atom. The van der Waals surface area contributed by atoms with Crippen LogP contribution in [0.1, 0.15) is 5.69 Å². The average Bonchev–Trinajstić information content (AvgIpc) is 3.12. The molecule has 4 aromatic heterocycles. The zero-order valence-corrected chi connectivity index (χ0v) is 11.9. The minimum Gasteiger partial charge on any atom is -0.369 e. The van der Waals surface area contributed by atoms with E-state index in [1.807, 2.05) is 43.5 Å². The van der Waals surface area contributed by atoms with E-state index in [2.05, 4.69) is 25.0 Å². The molecule has 0 aliphatic carbocycles. The van der Waals surface area contributed by atoms with Gasteiger partial charge in [0.15, 0.2) is 11.6 Å². The van der Waals surface area contributed by atoms with Crippen LogP contribution in [-0.2, 0) is 0 Å². The topological polar surface area (TPSA) is 97.8 Å². The average molecular weight is 291 g/mol. The third-order valence-electron chi connectivity index (χ3n) is 3.42. The van der Waals surface area contributed by atoms with E-state index in [9.17, 15) is 0 Å². The molecular weight excluding hydrogens is 278 g/mol. The molecule has 4 rings (SSSR count). The number of aromatic amines is 1. The van der Waals surface area contributed by atoms with Gasteiger partial charge in [0.25, 0.3) is 0 Å². The summed E-state index contributed by atoms with van der Waals surface area (Å²) in [5.41, 5.74) is 10.8. The van der Waals surface area contributed by atoms with Gasteiger partial charge in [-0.1, -0.05) is 6.07 Å². The van der Waals surface area contributed by atoms with Gasteiger partial charge in [-0.15, -0.1) is 0 Å². The van der Waals surface area contributed by atoms with E-state index in [1.165, 1.54) is 6.33 Å². The predicted molar refractivity (Wildman–Crippen MR) is 82.9 cm³/mol. The number of nitrogens with zero attached hydrogens (tertiary/aromatic N) is 5. The van der Waals surface area contributed by atoms with Crippen LogP contribution in [0.4, 0.5) is 5.95 Å². The quantitative estimate of drug-likeness (QED) is 0.589. The molecule has 4 heterocycles. The fraction of sp³-hybridized carbons (Fsp3) is 0.0667. The lowest BCUT2D eigenvalue weighted by Gasteiger charge is -2.04. The number of aryl methyl sites for hydroxylation is 1. The Balaban J connectivity index is 1.91. The summed E-state index contributed by atoms with van der Waals surface area (Å²) < 4.78 is 1.71. The molecule has 3 N–H and O–H groups in total. The van der Waals surface area contributed by atoms with E-state index < -0.39 is 0 Å². The van der Waals surface area contributed by atoms with Crippen molar-refractivity contribution in [1.82, 2.24) is 29.5 Å². The summed E-state index contributed by atoms with van der Waals surface area (Å²) in [6.45, 7) is 1.95. The first-order valence-electron chi connectivity index (χ1n) is 6.80. The lowest BCUT2D eigenvalue weighted by Crippen LogP contribution is -1.92. The first-order valence-corrected chi connectivity index (χ1v) is 6.80. The molecule has 7 heteroatoms. The van der Waals surface area contributed by atoms with Crippen molar-refractivity contribution in [3.8, 4) is 22.6 Å². The maximum Gasteiger partial charge on any atom is 0.198 e. The fourth-order valence-corrected chi connectivity index (χ4v) is 2.43. The summed E-state index contributed by atoms with van der Waals surface area (Å²) in [6.07, 6.45) is 3.40. The van der Waals surface area contributed by atoms with Crippen LogP contribution in [0.3, 0.4) is 0 Å². The van der Waals surface area contributed by atoms with E-state index in [-0.39, 0.29) is 0 Å². The van der Waals surface area contributed by atoms with Crippen molar-refractivity contribution in [2.24, 2.45) is 0 Å². The van der Waals surface area contributed by atoms with E-state index in [0.29, 0.717) is 5.95 Å². The summed E-state index contributed by atoms with van der Waals surface area (Å²) >= 11 is 0. The standard InChI is InChI=1S/C15H13N7/c1-9-3-2-4-11(19-9)14-13(20-15(16)21-14)10-5-6-12-17-8-18-22(12)7-10/h2-8H,1H3,(H3,16,20,21). The molecule has 0 fully saturated rings. The van der Waals surface area contributed by atoms with Gasteiger partial charge in [0, 0.05) is 17.5 Å². The summed E-state index contributed by atoms with van der Waals surface area (Å²) in [7, 11) is 0. The highest BCUT2D eigenvalue weighted by molar-refractivity contribution is 5.78. The van der Waals surface area contributed by atoms with Gasteiger partial charge in [-0.25, -0.2) is 14.5 Å². The van der Waals surface area contributed by atoms with Crippen LogP contribution in [0, 0.1) is 6.92 Å². The number of fused-ring (bicyclic) bond motifs is 1. The van der Waals surface area contributed by atoms with E-state index in [4.69, 9.17) is 5.73 Å². The van der Waals surface area contributed by atoms with Gasteiger partial charge in [0.05, 0.1) is 11.4 Å². The maximum atomic E-state index is 5.86. The Kier molecular flexibility index (Phi) is 2.65. The van der Waals surface area contributed by atoms with Crippen LogP contribution in [0.15, 0.2) is 42.9 Å². The molecule has 0 aliphatic heterocycles.